The minimum Gasteiger partial charge on any atom is -0.451 e. The molecule has 0 saturated heterocycles. The molecule has 0 spiro atoms. The molecule has 1 aliphatic heterocycles. The van der Waals surface area contributed by atoms with Crippen LogP contribution in [0.4, 0.5) is 0 Å². The third-order valence-electron chi connectivity index (χ3n) is 4.80. The normalized spacial score (nSPS) is 13.8. The number of benzene rings is 2. The summed E-state index contributed by atoms with van der Waals surface area (Å²) in [6.45, 7) is 1.06. The first kappa shape index (κ1) is 15.0. The maximum atomic E-state index is 12.9. The number of fused-ring (bicyclic) bond motifs is 2. The molecule has 3 heterocycles. The fourth-order valence-corrected chi connectivity index (χ4v) is 3.45. The van der Waals surface area contributed by atoms with E-state index in [0.717, 1.165) is 33.6 Å². The molecule has 0 N–H and O–H groups in total. The average Bonchev–Trinajstić information content (AvgIpc) is 3.31. The first-order valence-corrected chi connectivity index (χ1v) is 8.60. The number of carbonyl (C=O) groups excluding carboxylic acids is 1. The Morgan fingerprint density at radius 1 is 1.04 bits per heavy atom. The van der Waals surface area contributed by atoms with Crippen LogP contribution in [-0.2, 0) is 13.0 Å². The van der Waals surface area contributed by atoms with E-state index in [1.54, 1.807) is 11.0 Å². The quantitative estimate of drug-likeness (QED) is 0.544. The number of amides is 1. The molecule has 2 aromatic carbocycles. The molecule has 4 aromatic rings. The van der Waals surface area contributed by atoms with Crippen molar-refractivity contribution in [3.8, 4) is 11.3 Å². The monoisotopic (exact) mass is 344 g/mol. The van der Waals surface area contributed by atoms with Crippen molar-refractivity contribution in [3.63, 3.8) is 0 Å². The summed E-state index contributed by atoms with van der Waals surface area (Å²) in [6, 6.07) is 19.3. The molecule has 5 rings (SSSR count). The summed E-state index contributed by atoms with van der Waals surface area (Å²) >= 11 is 0. The fraction of sp³-hybridized carbons (Fsp3) is 0.143. The highest BCUT2D eigenvalue weighted by atomic mass is 16.5. The van der Waals surface area contributed by atoms with Crippen LogP contribution in [0.15, 0.2) is 69.6 Å². The summed E-state index contributed by atoms with van der Waals surface area (Å²) in [5.74, 6) is 1.12. The Morgan fingerprint density at radius 3 is 2.69 bits per heavy atom. The van der Waals surface area contributed by atoms with Gasteiger partial charge in [-0.15, -0.1) is 0 Å². The molecule has 0 aliphatic carbocycles. The van der Waals surface area contributed by atoms with E-state index in [0.29, 0.717) is 25.3 Å². The molecule has 5 heteroatoms. The molecular formula is C21H16N2O3. The van der Waals surface area contributed by atoms with Gasteiger partial charge < -0.3 is 13.8 Å². The average molecular weight is 344 g/mol. The molecule has 0 bridgehead atoms. The Bertz CT molecular complexity index is 1060. The van der Waals surface area contributed by atoms with Crippen LogP contribution in [0, 0.1) is 0 Å². The van der Waals surface area contributed by atoms with E-state index in [-0.39, 0.29) is 5.91 Å². The zero-order chi connectivity index (χ0) is 17.5. The Labute approximate surface area is 149 Å². The summed E-state index contributed by atoms with van der Waals surface area (Å²) in [5, 5.41) is 5.17. The van der Waals surface area contributed by atoms with Gasteiger partial charge in [0.15, 0.2) is 5.76 Å². The summed E-state index contributed by atoms with van der Waals surface area (Å²) < 4.78 is 11.2. The maximum absolute atomic E-state index is 12.9. The van der Waals surface area contributed by atoms with E-state index in [9.17, 15) is 4.79 Å². The Balaban J connectivity index is 1.46. The summed E-state index contributed by atoms with van der Waals surface area (Å²) in [5.41, 5.74) is 3.51. The molecular weight excluding hydrogens is 328 g/mol. The molecule has 128 valence electrons. The highest BCUT2D eigenvalue weighted by Gasteiger charge is 2.29. The minimum absolute atomic E-state index is 0.105. The van der Waals surface area contributed by atoms with Gasteiger partial charge in [0.1, 0.15) is 17.0 Å². The van der Waals surface area contributed by atoms with E-state index in [4.69, 9.17) is 8.94 Å². The number of aromatic nitrogens is 1. The number of hydrogen-bond acceptors (Lipinski definition) is 4. The lowest BCUT2D eigenvalue weighted by atomic mass is 10.0. The number of furan rings is 1. The van der Waals surface area contributed by atoms with Crippen molar-refractivity contribution >= 4 is 16.9 Å². The molecule has 0 radical (unpaired) electrons. The SMILES string of the molecule is O=C(c1cc2ccccc2o1)N1CCc2onc(-c3ccccc3)c2C1. The van der Waals surface area contributed by atoms with Gasteiger partial charge in [-0.3, -0.25) is 4.79 Å². The standard InChI is InChI=1S/C21H16N2O3/c24-21(19-12-15-8-4-5-9-17(15)25-19)23-11-10-18-16(13-23)20(22-26-18)14-6-2-1-3-7-14/h1-9,12H,10-11,13H2. The molecule has 0 unspecified atom stereocenters. The third-order valence-corrected chi connectivity index (χ3v) is 4.80. The van der Waals surface area contributed by atoms with Gasteiger partial charge in [-0.1, -0.05) is 53.7 Å². The van der Waals surface area contributed by atoms with Crippen molar-refractivity contribution in [1.29, 1.82) is 0 Å². The second kappa shape index (κ2) is 5.88. The maximum Gasteiger partial charge on any atom is 0.289 e. The smallest absolute Gasteiger partial charge is 0.289 e. The lowest BCUT2D eigenvalue weighted by molar-refractivity contribution is 0.0699. The van der Waals surface area contributed by atoms with Crippen LogP contribution in [-0.4, -0.2) is 22.5 Å². The van der Waals surface area contributed by atoms with Crippen LogP contribution in [0.3, 0.4) is 0 Å². The third kappa shape index (κ3) is 2.40. The zero-order valence-corrected chi connectivity index (χ0v) is 14.0. The molecule has 1 amide bonds. The van der Waals surface area contributed by atoms with E-state index in [2.05, 4.69) is 5.16 Å². The molecule has 1 aliphatic rings. The van der Waals surface area contributed by atoms with Gasteiger partial charge in [-0.2, -0.15) is 0 Å². The first-order chi connectivity index (χ1) is 12.8. The Morgan fingerprint density at radius 2 is 1.85 bits per heavy atom. The van der Waals surface area contributed by atoms with Gasteiger partial charge in [-0.25, -0.2) is 0 Å². The molecule has 0 fully saturated rings. The van der Waals surface area contributed by atoms with Crippen LogP contribution in [0.2, 0.25) is 0 Å². The molecule has 0 atom stereocenters. The van der Waals surface area contributed by atoms with Gasteiger partial charge in [0, 0.05) is 29.5 Å². The van der Waals surface area contributed by atoms with Gasteiger partial charge in [0.05, 0.1) is 6.54 Å². The highest BCUT2D eigenvalue weighted by molar-refractivity contribution is 5.96. The highest BCUT2D eigenvalue weighted by Crippen LogP contribution is 2.31. The number of para-hydroxylation sites is 1. The van der Waals surface area contributed by atoms with Crippen molar-refractivity contribution in [2.24, 2.45) is 0 Å². The van der Waals surface area contributed by atoms with Crippen molar-refractivity contribution in [2.45, 2.75) is 13.0 Å². The number of rotatable bonds is 2. The second-order valence-corrected chi connectivity index (χ2v) is 6.42. The van der Waals surface area contributed by atoms with Crippen molar-refractivity contribution in [2.75, 3.05) is 6.54 Å². The van der Waals surface area contributed by atoms with Crippen molar-refractivity contribution in [3.05, 3.63) is 77.7 Å². The van der Waals surface area contributed by atoms with Gasteiger partial charge in [-0.05, 0) is 12.1 Å². The number of carbonyl (C=O) groups is 1. The van der Waals surface area contributed by atoms with Crippen LogP contribution in [0.5, 0.6) is 0 Å². The first-order valence-electron chi connectivity index (χ1n) is 8.60. The number of nitrogens with zero attached hydrogens (tertiary/aromatic N) is 2. The Hall–Kier alpha value is -3.34. The van der Waals surface area contributed by atoms with Crippen LogP contribution < -0.4 is 0 Å². The van der Waals surface area contributed by atoms with E-state index in [1.807, 2.05) is 54.6 Å². The lowest BCUT2D eigenvalue weighted by Gasteiger charge is -2.25. The molecule has 2 aromatic heterocycles. The van der Waals surface area contributed by atoms with E-state index in [1.165, 1.54) is 0 Å². The second-order valence-electron chi connectivity index (χ2n) is 6.42. The van der Waals surface area contributed by atoms with Gasteiger partial charge in [0.2, 0.25) is 0 Å². The van der Waals surface area contributed by atoms with E-state index >= 15 is 0 Å². The summed E-state index contributed by atoms with van der Waals surface area (Å²) in [4.78, 5) is 14.7. The zero-order valence-electron chi connectivity index (χ0n) is 14.0. The molecule has 5 nitrogen and oxygen atoms in total. The molecule has 26 heavy (non-hydrogen) atoms. The summed E-state index contributed by atoms with van der Waals surface area (Å²) in [6.07, 6.45) is 0.654. The Kier molecular flexibility index (Phi) is 3.38. The van der Waals surface area contributed by atoms with Crippen molar-refractivity contribution < 1.29 is 13.7 Å². The number of hydrogen-bond donors (Lipinski definition) is 0. The fourth-order valence-electron chi connectivity index (χ4n) is 3.45. The van der Waals surface area contributed by atoms with Crippen LogP contribution >= 0.6 is 0 Å². The van der Waals surface area contributed by atoms with Crippen molar-refractivity contribution in [1.82, 2.24) is 10.1 Å². The predicted molar refractivity (Wildman–Crippen MR) is 96.6 cm³/mol. The topological polar surface area (TPSA) is 59.5 Å². The van der Waals surface area contributed by atoms with Crippen LogP contribution in [0.1, 0.15) is 21.9 Å². The lowest BCUT2D eigenvalue weighted by Crippen LogP contribution is -2.35. The largest absolute Gasteiger partial charge is 0.451 e. The minimum atomic E-state index is -0.105. The van der Waals surface area contributed by atoms with Gasteiger partial charge >= 0.3 is 0 Å². The predicted octanol–water partition coefficient (Wildman–Crippen LogP) is 4.29. The van der Waals surface area contributed by atoms with Crippen LogP contribution in [0.25, 0.3) is 22.2 Å². The molecule has 0 saturated carbocycles. The van der Waals surface area contributed by atoms with Gasteiger partial charge in [0.25, 0.3) is 5.91 Å². The van der Waals surface area contributed by atoms with E-state index < -0.39 is 0 Å². The summed E-state index contributed by atoms with van der Waals surface area (Å²) in [7, 11) is 0.